The Kier molecular flexibility index (Phi) is 4.95. The Balaban J connectivity index is 2.92. The minimum Gasteiger partial charge on any atom is -0.390 e. The molecule has 0 aliphatic heterocycles. The molecule has 1 heterocycles. The van der Waals surface area contributed by atoms with Crippen molar-refractivity contribution in [3.05, 3.63) is 38.3 Å². The van der Waals surface area contributed by atoms with Gasteiger partial charge >= 0.3 is 11.2 Å². The molecule has 0 aromatic carbocycles. The quantitative estimate of drug-likeness (QED) is 0.393. The summed E-state index contributed by atoms with van der Waals surface area (Å²) in [7, 11) is 1.70. The van der Waals surface area contributed by atoms with E-state index in [0.717, 1.165) is 12.3 Å². The van der Waals surface area contributed by atoms with Crippen molar-refractivity contribution < 1.29 is 15.1 Å². The summed E-state index contributed by atoms with van der Waals surface area (Å²) in [4.78, 5) is 23.0. The standard InChI is InChI=1S/C10H15N3O5/c1-11-3-2-8(14)9(15)6-4-7(13(17)18)10(16)12-5-6/h4-5,8-9,11,14-15H,2-3H2,1H3,(H,12,16). The first kappa shape index (κ1) is 14.3. The van der Waals surface area contributed by atoms with Gasteiger partial charge in [0.25, 0.3) is 0 Å². The van der Waals surface area contributed by atoms with Gasteiger partial charge in [0, 0.05) is 17.8 Å². The lowest BCUT2D eigenvalue weighted by atomic mass is 10.0. The van der Waals surface area contributed by atoms with Crippen molar-refractivity contribution in [3.8, 4) is 0 Å². The molecule has 18 heavy (non-hydrogen) atoms. The molecule has 1 aromatic rings. The second-order valence-corrected chi connectivity index (χ2v) is 3.81. The molecule has 0 radical (unpaired) electrons. The number of nitro groups is 1. The van der Waals surface area contributed by atoms with Crippen molar-refractivity contribution in [2.45, 2.75) is 18.6 Å². The van der Waals surface area contributed by atoms with Crippen LogP contribution in [0.5, 0.6) is 0 Å². The second-order valence-electron chi connectivity index (χ2n) is 3.81. The summed E-state index contributed by atoms with van der Waals surface area (Å²) in [6, 6.07) is 0.964. The largest absolute Gasteiger partial charge is 0.390 e. The van der Waals surface area contributed by atoms with Crippen LogP contribution in [-0.2, 0) is 0 Å². The van der Waals surface area contributed by atoms with Gasteiger partial charge in [0.2, 0.25) is 0 Å². The van der Waals surface area contributed by atoms with Crippen LogP contribution in [0, 0.1) is 10.1 Å². The molecule has 0 amide bonds. The smallest absolute Gasteiger partial charge is 0.334 e. The summed E-state index contributed by atoms with van der Waals surface area (Å²) in [6.45, 7) is 0.490. The summed E-state index contributed by atoms with van der Waals surface area (Å²) in [6.07, 6.45) is -0.912. The van der Waals surface area contributed by atoms with E-state index >= 15 is 0 Å². The average molecular weight is 257 g/mol. The maximum absolute atomic E-state index is 11.1. The Morgan fingerprint density at radius 3 is 2.78 bits per heavy atom. The van der Waals surface area contributed by atoms with E-state index in [4.69, 9.17) is 0 Å². The van der Waals surface area contributed by atoms with E-state index in [2.05, 4.69) is 10.3 Å². The average Bonchev–Trinajstić information content (AvgIpc) is 2.35. The number of aliphatic hydroxyl groups excluding tert-OH is 2. The number of hydrogen-bond donors (Lipinski definition) is 4. The minimum absolute atomic E-state index is 0.102. The van der Waals surface area contributed by atoms with E-state index in [1.165, 1.54) is 0 Å². The van der Waals surface area contributed by atoms with Gasteiger partial charge in [-0.2, -0.15) is 0 Å². The van der Waals surface area contributed by atoms with Crippen LogP contribution >= 0.6 is 0 Å². The molecule has 0 aliphatic rings. The molecule has 1 aromatic heterocycles. The Labute approximate surface area is 102 Å². The SMILES string of the molecule is CNCCC(O)C(O)c1c[nH]c(=O)c([N+](=O)[O-])c1. The summed E-state index contributed by atoms with van der Waals surface area (Å²) in [5.74, 6) is 0. The molecule has 0 aliphatic carbocycles. The molecule has 2 unspecified atom stereocenters. The zero-order chi connectivity index (χ0) is 13.7. The van der Waals surface area contributed by atoms with Crippen LogP contribution in [0.3, 0.4) is 0 Å². The summed E-state index contributed by atoms with van der Waals surface area (Å²) < 4.78 is 0. The maximum Gasteiger partial charge on any atom is 0.334 e. The third-order valence-electron chi connectivity index (χ3n) is 2.50. The number of H-pyrrole nitrogens is 1. The number of aliphatic hydroxyl groups is 2. The summed E-state index contributed by atoms with van der Waals surface area (Å²) in [5, 5.41) is 32.8. The van der Waals surface area contributed by atoms with Gasteiger partial charge in [-0.05, 0) is 20.0 Å². The highest BCUT2D eigenvalue weighted by molar-refractivity contribution is 5.31. The molecule has 4 N–H and O–H groups in total. The lowest BCUT2D eigenvalue weighted by Crippen LogP contribution is -2.24. The van der Waals surface area contributed by atoms with E-state index in [1.807, 2.05) is 0 Å². The second kappa shape index (κ2) is 6.24. The Bertz CT molecular complexity index is 473. The molecule has 100 valence electrons. The molecule has 0 spiro atoms. The van der Waals surface area contributed by atoms with Crippen LogP contribution < -0.4 is 10.9 Å². The summed E-state index contributed by atoms with van der Waals surface area (Å²) in [5.41, 5.74) is -1.40. The Morgan fingerprint density at radius 1 is 1.56 bits per heavy atom. The topological polar surface area (TPSA) is 128 Å². The van der Waals surface area contributed by atoms with Crippen molar-refractivity contribution in [1.29, 1.82) is 0 Å². The van der Waals surface area contributed by atoms with Gasteiger partial charge < -0.3 is 20.5 Å². The molecule has 0 saturated carbocycles. The molecular weight excluding hydrogens is 242 g/mol. The van der Waals surface area contributed by atoms with E-state index in [0.29, 0.717) is 6.54 Å². The molecule has 1 rings (SSSR count). The van der Waals surface area contributed by atoms with Crippen molar-refractivity contribution in [3.63, 3.8) is 0 Å². The molecule has 2 atom stereocenters. The first-order chi connectivity index (χ1) is 8.47. The molecule has 0 bridgehead atoms. The van der Waals surface area contributed by atoms with E-state index in [1.54, 1.807) is 7.05 Å². The molecule has 0 fully saturated rings. The van der Waals surface area contributed by atoms with Gasteiger partial charge in [-0.15, -0.1) is 0 Å². The van der Waals surface area contributed by atoms with Gasteiger partial charge in [-0.3, -0.25) is 14.9 Å². The predicted molar refractivity (Wildman–Crippen MR) is 63.2 cm³/mol. The number of aromatic amines is 1. The van der Waals surface area contributed by atoms with Gasteiger partial charge in [0.15, 0.2) is 0 Å². The van der Waals surface area contributed by atoms with Crippen molar-refractivity contribution in [1.82, 2.24) is 10.3 Å². The van der Waals surface area contributed by atoms with Crippen molar-refractivity contribution in [2.24, 2.45) is 0 Å². The van der Waals surface area contributed by atoms with E-state index in [-0.39, 0.29) is 12.0 Å². The normalized spacial score (nSPS) is 14.2. The van der Waals surface area contributed by atoms with Crippen LogP contribution in [0.2, 0.25) is 0 Å². The number of nitrogens with zero attached hydrogens (tertiary/aromatic N) is 1. The number of pyridine rings is 1. The monoisotopic (exact) mass is 257 g/mol. The predicted octanol–water partition coefficient (Wildman–Crippen LogP) is -0.713. The molecule has 0 saturated heterocycles. The van der Waals surface area contributed by atoms with Crippen molar-refractivity contribution in [2.75, 3.05) is 13.6 Å². The zero-order valence-electron chi connectivity index (χ0n) is 9.79. The number of aromatic nitrogens is 1. The van der Waals surface area contributed by atoms with E-state index < -0.39 is 28.4 Å². The first-order valence-electron chi connectivity index (χ1n) is 5.35. The fourth-order valence-electron chi connectivity index (χ4n) is 1.47. The molecule has 8 heteroatoms. The lowest BCUT2D eigenvalue weighted by Gasteiger charge is -2.17. The number of rotatable bonds is 6. The molecular formula is C10H15N3O5. The number of nitrogens with one attached hydrogen (secondary N) is 2. The molecule has 8 nitrogen and oxygen atoms in total. The van der Waals surface area contributed by atoms with Crippen LogP contribution in [0.1, 0.15) is 18.1 Å². The van der Waals surface area contributed by atoms with Crippen LogP contribution in [-0.4, -0.2) is 39.8 Å². The Morgan fingerprint density at radius 2 is 2.22 bits per heavy atom. The van der Waals surface area contributed by atoms with Gasteiger partial charge in [-0.25, -0.2) is 0 Å². The third-order valence-corrected chi connectivity index (χ3v) is 2.50. The van der Waals surface area contributed by atoms with Crippen LogP contribution in [0.25, 0.3) is 0 Å². The maximum atomic E-state index is 11.1. The third kappa shape index (κ3) is 3.36. The lowest BCUT2D eigenvalue weighted by molar-refractivity contribution is -0.386. The first-order valence-corrected chi connectivity index (χ1v) is 5.35. The highest BCUT2D eigenvalue weighted by atomic mass is 16.6. The van der Waals surface area contributed by atoms with Gasteiger partial charge in [0.1, 0.15) is 6.10 Å². The number of hydrogen-bond acceptors (Lipinski definition) is 6. The van der Waals surface area contributed by atoms with Crippen molar-refractivity contribution >= 4 is 5.69 Å². The van der Waals surface area contributed by atoms with Gasteiger partial charge in [0.05, 0.1) is 11.0 Å². The van der Waals surface area contributed by atoms with Crippen LogP contribution in [0.15, 0.2) is 17.1 Å². The van der Waals surface area contributed by atoms with E-state index in [9.17, 15) is 25.1 Å². The van der Waals surface area contributed by atoms with Crippen LogP contribution in [0.4, 0.5) is 5.69 Å². The fourth-order valence-corrected chi connectivity index (χ4v) is 1.47. The highest BCUT2D eigenvalue weighted by Crippen LogP contribution is 2.19. The fraction of sp³-hybridized carbons (Fsp3) is 0.500. The highest BCUT2D eigenvalue weighted by Gasteiger charge is 2.22. The van der Waals surface area contributed by atoms with Gasteiger partial charge in [-0.1, -0.05) is 0 Å². The summed E-state index contributed by atoms with van der Waals surface area (Å²) >= 11 is 0. The minimum atomic E-state index is -1.28. The Hall–Kier alpha value is -1.77. The zero-order valence-corrected chi connectivity index (χ0v) is 9.79.